The number of esters is 1. The Morgan fingerprint density at radius 2 is 1.55 bits per heavy atom. The van der Waals surface area contributed by atoms with E-state index in [0.717, 1.165) is 16.7 Å². The minimum atomic E-state index is -0.578. The molecule has 242 valence electrons. The lowest BCUT2D eigenvalue weighted by Crippen LogP contribution is -2.28. The van der Waals surface area contributed by atoms with Crippen molar-refractivity contribution in [1.82, 2.24) is 5.32 Å². The molecule has 4 aromatic rings. The van der Waals surface area contributed by atoms with Crippen LogP contribution in [0, 0.1) is 0 Å². The number of benzene rings is 4. The van der Waals surface area contributed by atoms with Gasteiger partial charge < -0.3 is 38.5 Å². The highest BCUT2D eigenvalue weighted by molar-refractivity contribution is 5.99. The Bertz CT molecular complexity index is 1800. The zero-order chi connectivity index (χ0) is 32.9. The molecule has 10 nitrogen and oxygen atoms in total. The number of ether oxygens (including phenoxy) is 7. The number of amides is 1. The number of rotatable bonds is 11. The molecule has 0 radical (unpaired) electrons. The van der Waals surface area contributed by atoms with Gasteiger partial charge in [-0.25, -0.2) is 9.59 Å². The van der Waals surface area contributed by atoms with E-state index in [2.05, 4.69) is 29.6 Å². The molecule has 0 saturated heterocycles. The molecular formula is C37H35NO9. The van der Waals surface area contributed by atoms with Crippen molar-refractivity contribution < 1.29 is 42.7 Å². The van der Waals surface area contributed by atoms with Crippen molar-refractivity contribution in [3.05, 3.63) is 100 Å². The highest BCUT2D eigenvalue weighted by Crippen LogP contribution is 2.47. The fourth-order valence-electron chi connectivity index (χ4n) is 6.19. The van der Waals surface area contributed by atoms with Gasteiger partial charge >= 0.3 is 12.1 Å². The SMILES string of the molecule is COC(=O)c1c(/C=C/c2c(CCNC(=O)OCC3c4ccccc4-c4ccccc43)cc3c(c2OC)OCO3)ccc(OC)c1OC. The van der Waals surface area contributed by atoms with Crippen LogP contribution in [0.3, 0.4) is 0 Å². The maximum Gasteiger partial charge on any atom is 0.407 e. The first-order valence-corrected chi connectivity index (χ1v) is 15.1. The molecule has 47 heavy (non-hydrogen) atoms. The first kappa shape index (κ1) is 31.3. The van der Waals surface area contributed by atoms with E-state index >= 15 is 0 Å². The van der Waals surface area contributed by atoms with Gasteiger partial charge in [-0.2, -0.15) is 0 Å². The molecule has 6 rings (SSSR count). The summed E-state index contributed by atoms with van der Waals surface area (Å²) in [6.45, 7) is 0.558. The second kappa shape index (κ2) is 13.8. The number of hydrogen-bond donors (Lipinski definition) is 1. The largest absolute Gasteiger partial charge is 0.493 e. The third-order valence-electron chi connectivity index (χ3n) is 8.35. The summed E-state index contributed by atoms with van der Waals surface area (Å²) in [4.78, 5) is 25.7. The summed E-state index contributed by atoms with van der Waals surface area (Å²) >= 11 is 0. The third-order valence-corrected chi connectivity index (χ3v) is 8.35. The van der Waals surface area contributed by atoms with E-state index in [0.29, 0.717) is 40.5 Å². The summed E-state index contributed by atoms with van der Waals surface area (Å²) in [7, 11) is 5.80. The van der Waals surface area contributed by atoms with Crippen LogP contribution in [0.4, 0.5) is 4.79 Å². The van der Waals surface area contributed by atoms with Gasteiger partial charge in [0.1, 0.15) is 12.2 Å². The number of hydrogen-bond acceptors (Lipinski definition) is 9. The minimum Gasteiger partial charge on any atom is -0.493 e. The number of alkyl carbamates (subject to hydrolysis) is 1. The molecular weight excluding hydrogens is 602 g/mol. The van der Waals surface area contributed by atoms with Gasteiger partial charge in [-0.3, -0.25) is 0 Å². The smallest absolute Gasteiger partial charge is 0.407 e. The molecule has 1 amide bonds. The van der Waals surface area contributed by atoms with E-state index in [-0.39, 0.29) is 37.2 Å². The summed E-state index contributed by atoms with van der Waals surface area (Å²) in [5.41, 5.74) is 6.90. The Labute approximate surface area is 272 Å². The summed E-state index contributed by atoms with van der Waals surface area (Å²) in [6, 6.07) is 21.7. The van der Waals surface area contributed by atoms with Crippen molar-refractivity contribution in [3.63, 3.8) is 0 Å². The summed E-state index contributed by atoms with van der Waals surface area (Å²) in [5, 5.41) is 2.88. The predicted octanol–water partition coefficient (Wildman–Crippen LogP) is 6.48. The maximum absolute atomic E-state index is 12.9. The highest BCUT2D eigenvalue weighted by Gasteiger charge is 2.29. The quantitative estimate of drug-likeness (QED) is 0.146. The third kappa shape index (κ3) is 6.02. The van der Waals surface area contributed by atoms with Gasteiger partial charge in [-0.05, 0) is 51.9 Å². The van der Waals surface area contributed by atoms with E-state index in [4.69, 9.17) is 33.2 Å². The van der Waals surface area contributed by atoms with Gasteiger partial charge in [0, 0.05) is 18.0 Å². The predicted molar refractivity (Wildman–Crippen MR) is 176 cm³/mol. The van der Waals surface area contributed by atoms with Crippen molar-refractivity contribution in [1.29, 1.82) is 0 Å². The molecule has 1 N–H and O–H groups in total. The van der Waals surface area contributed by atoms with Crippen LogP contribution in [0.1, 0.15) is 44.1 Å². The average molecular weight is 638 g/mol. The molecule has 0 unspecified atom stereocenters. The molecule has 4 aromatic carbocycles. The minimum absolute atomic E-state index is 0.0329. The number of fused-ring (bicyclic) bond motifs is 4. The Morgan fingerprint density at radius 3 is 2.21 bits per heavy atom. The lowest BCUT2D eigenvalue weighted by Gasteiger charge is -2.16. The lowest BCUT2D eigenvalue weighted by molar-refractivity contribution is 0.0596. The Hall–Kier alpha value is -5.64. The molecule has 0 fully saturated rings. The Balaban J connectivity index is 1.20. The van der Waals surface area contributed by atoms with Crippen LogP contribution in [0.5, 0.6) is 28.7 Å². The summed E-state index contributed by atoms with van der Waals surface area (Å²) in [6.07, 6.45) is 3.49. The normalized spacial score (nSPS) is 12.8. The van der Waals surface area contributed by atoms with Crippen LogP contribution >= 0.6 is 0 Å². The average Bonchev–Trinajstić information content (AvgIpc) is 3.71. The van der Waals surface area contributed by atoms with E-state index in [9.17, 15) is 9.59 Å². The van der Waals surface area contributed by atoms with Crippen molar-refractivity contribution >= 4 is 24.2 Å². The molecule has 0 saturated carbocycles. The zero-order valence-corrected chi connectivity index (χ0v) is 26.6. The maximum atomic E-state index is 12.9. The van der Waals surface area contributed by atoms with Gasteiger partial charge in [-0.1, -0.05) is 66.7 Å². The molecule has 0 aromatic heterocycles. The van der Waals surface area contributed by atoms with E-state index in [1.165, 1.54) is 32.5 Å². The molecule has 10 heteroatoms. The van der Waals surface area contributed by atoms with Crippen molar-refractivity contribution in [2.24, 2.45) is 0 Å². The topological polar surface area (TPSA) is 111 Å². The Morgan fingerprint density at radius 1 is 0.851 bits per heavy atom. The van der Waals surface area contributed by atoms with Gasteiger partial charge in [-0.15, -0.1) is 0 Å². The molecule has 1 heterocycles. The standard InChI is InChI=1S/C37H35NO9/c1-41-30-16-14-22(32(34(30)43-3)36(39)44-4)13-15-24-23(19-31-35(33(24)42-2)47-21-46-31)17-18-38-37(40)45-20-29-27-11-7-5-9-25(27)26-10-6-8-12-28(26)29/h5-16,19,29H,17-18,20-21H2,1-4H3,(H,38,40)/b15-13+. The lowest BCUT2D eigenvalue weighted by atomic mass is 9.98. The van der Waals surface area contributed by atoms with Crippen LogP contribution in [0.2, 0.25) is 0 Å². The molecule has 0 spiro atoms. The monoisotopic (exact) mass is 637 g/mol. The number of nitrogens with one attached hydrogen (secondary N) is 1. The van der Waals surface area contributed by atoms with E-state index in [1.807, 2.05) is 36.4 Å². The zero-order valence-electron chi connectivity index (χ0n) is 26.6. The fourth-order valence-corrected chi connectivity index (χ4v) is 6.19. The number of methoxy groups -OCH3 is 4. The number of carbonyl (C=O) groups excluding carboxylic acids is 2. The highest BCUT2D eigenvalue weighted by atomic mass is 16.7. The Kier molecular flexibility index (Phi) is 9.19. The van der Waals surface area contributed by atoms with E-state index in [1.54, 1.807) is 25.3 Å². The van der Waals surface area contributed by atoms with Crippen molar-refractivity contribution in [2.75, 3.05) is 48.4 Å². The van der Waals surface area contributed by atoms with Gasteiger partial charge in [0.25, 0.3) is 0 Å². The van der Waals surface area contributed by atoms with Crippen LogP contribution in [-0.2, 0) is 15.9 Å². The van der Waals surface area contributed by atoms with E-state index < -0.39 is 12.1 Å². The van der Waals surface area contributed by atoms with Crippen molar-refractivity contribution in [3.8, 4) is 39.9 Å². The fraction of sp³-hybridized carbons (Fsp3) is 0.243. The first-order valence-electron chi connectivity index (χ1n) is 15.1. The first-order chi connectivity index (χ1) is 23.0. The van der Waals surface area contributed by atoms with Crippen LogP contribution in [0.25, 0.3) is 23.3 Å². The van der Waals surface area contributed by atoms with Crippen LogP contribution in [0.15, 0.2) is 66.7 Å². The molecule has 0 bridgehead atoms. The van der Waals surface area contributed by atoms with Crippen LogP contribution in [-0.4, -0.2) is 60.4 Å². The number of carbonyl (C=O) groups is 2. The second-order valence-corrected chi connectivity index (χ2v) is 10.8. The van der Waals surface area contributed by atoms with Gasteiger partial charge in [0.05, 0.1) is 28.4 Å². The molecule has 0 atom stereocenters. The van der Waals surface area contributed by atoms with Gasteiger partial charge in [0.15, 0.2) is 23.0 Å². The van der Waals surface area contributed by atoms with Crippen molar-refractivity contribution in [2.45, 2.75) is 12.3 Å². The summed E-state index contributed by atoms with van der Waals surface area (Å²) < 4.78 is 38.8. The van der Waals surface area contributed by atoms with Crippen LogP contribution < -0.4 is 29.0 Å². The molecule has 2 aliphatic rings. The molecule has 1 aliphatic heterocycles. The summed E-state index contributed by atoms with van der Waals surface area (Å²) in [5.74, 6) is 1.52. The molecule has 1 aliphatic carbocycles. The second-order valence-electron chi connectivity index (χ2n) is 10.8. The van der Waals surface area contributed by atoms with Gasteiger partial charge in [0.2, 0.25) is 12.5 Å².